The number of hydrogen-bond acceptors (Lipinski definition) is 6. The van der Waals surface area contributed by atoms with E-state index in [1.807, 2.05) is 49.4 Å². The number of benzene rings is 2. The van der Waals surface area contributed by atoms with Crippen LogP contribution in [-0.2, 0) is 11.3 Å². The van der Waals surface area contributed by atoms with Gasteiger partial charge in [-0.2, -0.15) is 4.80 Å². The standard InChI is InChI=1S/C22H25N5O3/c1-14(2)21(17-8-9-18-19(12-17)30-11-10-29-18)23-20(28)13-27-25-22(24-26-27)16-6-4-15(3)5-7-16/h4-9,12,14,21H,10-11,13H2,1-3H3,(H,23,28)/t21-/m1/s1. The Kier molecular flexibility index (Phi) is 5.65. The molecule has 1 N–H and O–H groups in total. The van der Waals surface area contributed by atoms with E-state index in [2.05, 4.69) is 34.6 Å². The summed E-state index contributed by atoms with van der Waals surface area (Å²) in [7, 11) is 0. The van der Waals surface area contributed by atoms with Crippen LogP contribution in [0.2, 0.25) is 0 Å². The number of carbonyl (C=O) groups excluding carboxylic acids is 1. The van der Waals surface area contributed by atoms with E-state index in [9.17, 15) is 4.79 Å². The van der Waals surface area contributed by atoms with Crippen LogP contribution in [0.3, 0.4) is 0 Å². The van der Waals surface area contributed by atoms with Gasteiger partial charge in [-0.3, -0.25) is 4.79 Å². The van der Waals surface area contributed by atoms with Gasteiger partial charge in [0.05, 0.1) is 6.04 Å². The van der Waals surface area contributed by atoms with Gasteiger partial charge in [0.1, 0.15) is 19.8 Å². The monoisotopic (exact) mass is 407 g/mol. The SMILES string of the molecule is Cc1ccc(-c2nnn(CC(=O)N[C@@H](c3ccc4c(c3)OCCO4)C(C)C)n2)cc1. The maximum Gasteiger partial charge on any atom is 0.244 e. The van der Waals surface area contributed by atoms with Crippen molar-refractivity contribution < 1.29 is 14.3 Å². The average Bonchev–Trinajstić information content (AvgIpc) is 3.20. The number of tetrazole rings is 1. The van der Waals surface area contributed by atoms with Crippen molar-refractivity contribution in [3.05, 3.63) is 53.6 Å². The number of hydrogen-bond donors (Lipinski definition) is 1. The number of carbonyl (C=O) groups is 1. The lowest BCUT2D eigenvalue weighted by Gasteiger charge is -2.25. The Labute approximate surface area is 175 Å². The number of amides is 1. The molecule has 0 unspecified atom stereocenters. The molecule has 0 saturated heterocycles. The fourth-order valence-corrected chi connectivity index (χ4v) is 3.36. The summed E-state index contributed by atoms with van der Waals surface area (Å²) in [6, 6.07) is 13.5. The van der Waals surface area contributed by atoms with Crippen LogP contribution in [-0.4, -0.2) is 39.3 Å². The minimum absolute atomic E-state index is 0.00731. The third kappa shape index (κ3) is 4.42. The van der Waals surface area contributed by atoms with Crippen LogP contribution >= 0.6 is 0 Å². The van der Waals surface area contributed by atoms with E-state index in [1.165, 1.54) is 4.80 Å². The van der Waals surface area contributed by atoms with Crippen molar-refractivity contribution in [2.75, 3.05) is 13.2 Å². The molecular weight excluding hydrogens is 382 g/mol. The summed E-state index contributed by atoms with van der Waals surface area (Å²) in [5.41, 5.74) is 2.99. The molecule has 1 atom stereocenters. The minimum Gasteiger partial charge on any atom is -0.486 e. The van der Waals surface area contributed by atoms with Gasteiger partial charge in [-0.15, -0.1) is 10.2 Å². The van der Waals surface area contributed by atoms with Crippen molar-refractivity contribution in [3.63, 3.8) is 0 Å². The van der Waals surface area contributed by atoms with E-state index in [-0.39, 0.29) is 24.4 Å². The minimum atomic E-state index is -0.184. The fraction of sp³-hybridized carbons (Fsp3) is 0.364. The quantitative estimate of drug-likeness (QED) is 0.676. The molecule has 8 heteroatoms. The molecule has 0 spiro atoms. The number of rotatable bonds is 6. The second kappa shape index (κ2) is 8.52. The summed E-state index contributed by atoms with van der Waals surface area (Å²) < 4.78 is 11.3. The molecule has 1 amide bonds. The fourth-order valence-electron chi connectivity index (χ4n) is 3.36. The lowest BCUT2D eigenvalue weighted by atomic mass is 9.95. The highest BCUT2D eigenvalue weighted by Gasteiger charge is 2.22. The molecule has 0 bridgehead atoms. The number of fused-ring (bicyclic) bond motifs is 1. The highest BCUT2D eigenvalue weighted by molar-refractivity contribution is 5.76. The van der Waals surface area contributed by atoms with Crippen LogP contribution in [0.25, 0.3) is 11.4 Å². The van der Waals surface area contributed by atoms with Crippen LogP contribution in [0.1, 0.15) is 31.0 Å². The van der Waals surface area contributed by atoms with Gasteiger partial charge < -0.3 is 14.8 Å². The summed E-state index contributed by atoms with van der Waals surface area (Å²) in [6.07, 6.45) is 0. The molecule has 1 aliphatic heterocycles. The van der Waals surface area contributed by atoms with Crippen LogP contribution in [0.5, 0.6) is 11.5 Å². The molecule has 0 fully saturated rings. The van der Waals surface area contributed by atoms with Gasteiger partial charge in [0, 0.05) is 5.56 Å². The Morgan fingerprint density at radius 2 is 1.83 bits per heavy atom. The second-order valence-electron chi connectivity index (χ2n) is 7.70. The Balaban J connectivity index is 1.45. The molecule has 2 heterocycles. The van der Waals surface area contributed by atoms with E-state index in [4.69, 9.17) is 9.47 Å². The predicted molar refractivity (Wildman–Crippen MR) is 111 cm³/mol. The van der Waals surface area contributed by atoms with E-state index in [0.29, 0.717) is 24.8 Å². The van der Waals surface area contributed by atoms with E-state index in [1.54, 1.807) is 0 Å². The molecule has 1 aromatic heterocycles. The lowest BCUT2D eigenvalue weighted by Crippen LogP contribution is -2.34. The number of aryl methyl sites for hydroxylation is 1. The van der Waals surface area contributed by atoms with Crippen molar-refractivity contribution in [1.29, 1.82) is 0 Å². The Morgan fingerprint density at radius 1 is 1.10 bits per heavy atom. The molecule has 4 rings (SSSR count). The summed E-state index contributed by atoms with van der Waals surface area (Å²) in [6.45, 7) is 7.20. The van der Waals surface area contributed by atoms with Gasteiger partial charge in [0.25, 0.3) is 0 Å². The Bertz CT molecular complexity index is 1030. The number of nitrogens with one attached hydrogen (secondary N) is 1. The van der Waals surface area contributed by atoms with Crippen molar-refractivity contribution in [2.24, 2.45) is 5.92 Å². The summed E-state index contributed by atoms with van der Waals surface area (Å²) in [5, 5.41) is 15.5. The molecule has 1 aliphatic rings. The first-order chi connectivity index (χ1) is 14.5. The average molecular weight is 407 g/mol. The zero-order valence-electron chi connectivity index (χ0n) is 17.3. The van der Waals surface area contributed by atoms with E-state index < -0.39 is 0 Å². The first kappa shape index (κ1) is 19.9. The maximum atomic E-state index is 12.7. The normalized spacial score (nSPS) is 13.9. The van der Waals surface area contributed by atoms with Crippen LogP contribution in [0, 0.1) is 12.8 Å². The molecule has 0 aliphatic carbocycles. The van der Waals surface area contributed by atoms with E-state index >= 15 is 0 Å². The number of nitrogens with zero attached hydrogens (tertiary/aromatic N) is 4. The number of ether oxygens (including phenoxy) is 2. The topological polar surface area (TPSA) is 91.2 Å². The Hall–Kier alpha value is -3.42. The van der Waals surface area contributed by atoms with Crippen LogP contribution in [0.15, 0.2) is 42.5 Å². The molecule has 0 saturated carbocycles. The molecule has 30 heavy (non-hydrogen) atoms. The highest BCUT2D eigenvalue weighted by atomic mass is 16.6. The van der Waals surface area contributed by atoms with Crippen molar-refractivity contribution in [3.8, 4) is 22.9 Å². The summed E-state index contributed by atoms with van der Waals surface area (Å²) >= 11 is 0. The zero-order chi connectivity index (χ0) is 21.1. The molecule has 3 aromatic rings. The van der Waals surface area contributed by atoms with Crippen molar-refractivity contribution >= 4 is 5.91 Å². The van der Waals surface area contributed by atoms with Crippen molar-refractivity contribution in [2.45, 2.75) is 33.4 Å². The van der Waals surface area contributed by atoms with E-state index in [0.717, 1.165) is 22.4 Å². The first-order valence-electron chi connectivity index (χ1n) is 10.0. The largest absolute Gasteiger partial charge is 0.486 e. The lowest BCUT2D eigenvalue weighted by molar-refractivity contribution is -0.123. The molecule has 8 nitrogen and oxygen atoms in total. The zero-order valence-corrected chi connectivity index (χ0v) is 17.3. The van der Waals surface area contributed by atoms with Crippen LogP contribution in [0.4, 0.5) is 0 Å². The summed E-state index contributed by atoms with van der Waals surface area (Å²) in [4.78, 5) is 14.0. The van der Waals surface area contributed by atoms with Crippen LogP contribution < -0.4 is 14.8 Å². The van der Waals surface area contributed by atoms with Gasteiger partial charge in [0.2, 0.25) is 11.7 Å². The molecule has 156 valence electrons. The third-order valence-corrected chi connectivity index (χ3v) is 4.96. The molecular formula is C22H25N5O3. The molecule has 2 aromatic carbocycles. The highest BCUT2D eigenvalue weighted by Crippen LogP contribution is 2.34. The van der Waals surface area contributed by atoms with Gasteiger partial charge >= 0.3 is 0 Å². The smallest absolute Gasteiger partial charge is 0.244 e. The van der Waals surface area contributed by atoms with Gasteiger partial charge in [-0.1, -0.05) is 49.7 Å². The van der Waals surface area contributed by atoms with Gasteiger partial charge in [0.15, 0.2) is 11.5 Å². The second-order valence-corrected chi connectivity index (χ2v) is 7.70. The van der Waals surface area contributed by atoms with Gasteiger partial charge in [-0.05, 0) is 35.8 Å². The predicted octanol–water partition coefficient (Wildman–Crippen LogP) is 2.93. The summed E-state index contributed by atoms with van der Waals surface area (Å²) in [5.74, 6) is 1.93. The first-order valence-corrected chi connectivity index (χ1v) is 10.0. The molecule has 0 radical (unpaired) electrons. The van der Waals surface area contributed by atoms with Crippen molar-refractivity contribution in [1.82, 2.24) is 25.5 Å². The van der Waals surface area contributed by atoms with Gasteiger partial charge in [-0.25, -0.2) is 0 Å². The number of aromatic nitrogens is 4. The maximum absolute atomic E-state index is 12.7. The Morgan fingerprint density at radius 3 is 2.57 bits per heavy atom. The third-order valence-electron chi connectivity index (χ3n) is 4.96.